The second-order valence-corrected chi connectivity index (χ2v) is 5.57. The zero-order chi connectivity index (χ0) is 13.1. The molecular weight excluding hydrogens is 238 g/mol. The Morgan fingerprint density at radius 3 is 2.39 bits per heavy atom. The lowest BCUT2D eigenvalue weighted by Gasteiger charge is -2.08. The van der Waals surface area contributed by atoms with Gasteiger partial charge < -0.3 is 0 Å². The van der Waals surface area contributed by atoms with Crippen LogP contribution in [0.1, 0.15) is 22.3 Å². The van der Waals surface area contributed by atoms with Crippen molar-refractivity contribution in [2.45, 2.75) is 30.6 Å². The normalized spacial score (nSPS) is 10.1. The predicted molar refractivity (Wildman–Crippen MR) is 75.9 cm³/mol. The minimum Gasteiger partial charge on any atom is -0.192 e. The summed E-state index contributed by atoms with van der Waals surface area (Å²) in [6, 6.07) is 14.7. The highest BCUT2D eigenvalue weighted by molar-refractivity contribution is 7.99. The first-order chi connectivity index (χ1) is 8.60. The fourth-order valence-corrected chi connectivity index (χ4v) is 2.87. The van der Waals surface area contributed by atoms with Gasteiger partial charge in [-0.05, 0) is 61.7 Å². The van der Waals surface area contributed by atoms with Crippen LogP contribution in [-0.4, -0.2) is 0 Å². The summed E-state index contributed by atoms with van der Waals surface area (Å²) in [6.07, 6.45) is 0. The molecule has 1 nitrogen and oxygen atoms in total. The predicted octanol–water partition coefficient (Wildman–Crippen LogP) is 4.63. The molecule has 0 saturated heterocycles. The van der Waals surface area contributed by atoms with Crippen molar-refractivity contribution in [3.63, 3.8) is 0 Å². The maximum absolute atomic E-state index is 8.92. The summed E-state index contributed by atoms with van der Waals surface area (Å²) in [5.74, 6) is 0. The monoisotopic (exact) mass is 253 g/mol. The van der Waals surface area contributed by atoms with E-state index in [1.54, 1.807) is 11.8 Å². The molecule has 0 heterocycles. The van der Waals surface area contributed by atoms with Gasteiger partial charge in [-0.2, -0.15) is 5.26 Å². The molecule has 0 saturated carbocycles. The van der Waals surface area contributed by atoms with Crippen LogP contribution in [0.4, 0.5) is 0 Å². The van der Waals surface area contributed by atoms with E-state index in [1.807, 2.05) is 19.1 Å². The third kappa shape index (κ3) is 2.75. The van der Waals surface area contributed by atoms with Gasteiger partial charge in [0.2, 0.25) is 0 Å². The summed E-state index contributed by atoms with van der Waals surface area (Å²) >= 11 is 1.75. The van der Waals surface area contributed by atoms with Gasteiger partial charge in [0.1, 0.15) is 0 Å². The van der Waals surface area contributed by atoms with Crippen molar-refractivity contribution in [3.8, 4) is 6.07 Å². The number of nitrogens with zero attached hydrogens (tertiary/aromatic N) is 1. The average molecular weight is 253 g/mol. The Bertz CT molecular complexity index is 623. The second-order valence-electron chi connectivity index (χ2n) is 4.46. The van der Waals surface area contributed by atoms with Crippen LogP contribution in [0.15, 0.2) is 46.2 Å². The smallest absolute Gasteiger partial charge is 0.0994 e. The zero-order valence-corrected chi connectivity index (χ0v) is 11.6. The summed E-state index contributed by atoms with van der Waals surface area (Å²) < 4.78 is 0. The molecule has 0 amide bonds. The molecule has 0 fully saturated rings. The van der Waals surface area contributed by atoms with Crippen LogP contribution in [0, 0.1) is 32.1 Å². The fraction of sp³-hybridized carbons (Fsp3) is 0.188. The molecule has 0 atom stereocenters. The van der Waals surface area contributed by atoms with Crippen molar-refractivity contribution in [2.24, 2.45) is 0 Å². The molecule has 0 N–H and O–H groups in total. The van der Waals surface area contributed by atoms with Gasteiger partial charge in [0.15, 0.2) is 0 Å². The molecule has 2 rings (SSSR count). The van der Waals surface area contributed by atoms with Crippen LogP contribution in [0.2, 0.25) is 0 Å². The van der Waals surface area contributed by atoms with Crippen molar-refractivity contribution >= 4 is 11.8 Å². The first kappa shape index (κ1) is 12.7. The lowest BCUT2D eigenvalue weighted by atomic mass is 10.1. The Hall–Kier alpha value is -1.72. The first-order valence-corrected chi connectivity index (χ1v) is 6.67. The number of hydrogen-bond donors (Lipinski definition) is 0. The van der Waals surface area contributed by atoms with Gasteiger partial charge in [-0.15, -0.1) is 0 Å². The van der Waals surface area contributed by atoms with Gasteiger partial charge in [-0.25, -0.2) is 0 Å². The third-order valence-electron chi connectivity index (χ3n) is 2.89. The Morgan fingerprint density at radius 2 is 1.72 bits per heavy atom. The molecule has 0 aromatic heterocycles. The third-order valence-corrected chi connectivity index (χ3v) is 4.04. The van der Waals surface area contributed by atoms with Crippen LogP contribution in [0.5, 0.6) is 0 Å². The Balaban J connectivity index is 2.32. The molecule has 0 aliphatic rings. The number of benzene rings is 2. The molecule has 0 spiro atoms. The average Bonchev–Trinajstić information content (AvgIpc) is 2.34. The van der Waals surface area contributed by atoms with Crippen LogP contribution >= 0.6 is 11.8 Å². The summed E-state index contributed by atoms with van der Waals surface area (Å²) in [5, 5.41) is 8.92. The lowest BCUT2D eigenvalue weighted by molar-refractivity contribution is 1.25. The quantitative estimate of drug-likeness (QED) is 0.778. The van der Waals surface area contributed by atoms with E-state index in [0.717, 1.165) is 11.1 Å². The van der Waals surface area contributed by atoms with E-state index < -0.39 is 0 Å². The Morgan fingerprint density at radius 1 is 0.944 bits per heavy atom. The minimum absolute atomic E-state index is 0.750. The van der Waals surface area contributed by atoms with E-state index in [4.69, 9.17) is 5.26 Å². The highest BCUT2D eigenvalue weighted by Gasteiger charge is 2.04. The second kappa shape index (κ2) is 5.29. The maximum Gasteiger partial charge on any atom is 0.0994 e. The van der Waals surface area contributed by atoms with Crippen LogP contribution in [0.25, 0.3) is 0 Å². The van der Waals surface area contributed by atoms with Crippen LogP contribution < -0.4 is 0 Å². The van der Waals surface area contributed by atoms with Gasteiger partial charge in [-0.3, -0.25) is 0 Å². The Kier molecular flexibility index (Phi) is 3.74. The van der Waals surface area contributed by atoms with Crippen molar-refractivity contribution in [3.05, 3.63) is 58.7 Å². The van der Waals surface area contributed by atoms with Gasteiger partial charge in [0.25, 0.3) is 0 Å². The first-order valence-electron chi connectivity index (χ1n) is 5.86. The van der Waals surface area contributed by atoms with E-state index in [1.165, 1.54) is 20.9 Å². The van der Waals surface area contributed by atoms with Gasteiger partial charge >= 0.3 is 0 Å². The highest BCUT2D eigenvalue weighted by Crippen LogP contribution is 2.31. The summed E-state index contributed by atoms with van der Waals surface area (Å²) in [6.45, 7) is 6.21. The van der Waals surface area contributed by atoms with Crippen LogP contribution in [-0.2, 0) is 0 Å². The molecule has 18 heavy (non-hydrogen) atoms. The standard InChI is InChI=1S/C16H15NS/c1-11-4-5-12(2)16(8-11)18-15-7-6-14(10-17)13(3)9-15/h4-9H,1-3H3. The molecular formula is C16H15NS. The van der Waals surface area contributed by atoms with E-state index in [0.29, 0.717) is 0 Å². The summed E-state index contributed by atoms with van der Waals surface area (Å²) in [4.78, 5) is 2.46. The zero-order valence-electron chi connectivity index (χ0n) is 10.8. The molecule has 0 aliphatic heterocycles. The van der Waals surface area contributed by atoms with E-state index in [-0.39, 0.29) is 0 Å². The number of nitriles is 1. The van der Waals surface area contributed by atoms with Gasteiger partial charge in [0, 0.05) is 9.79 Å². The molecule has 2 aromatic rings. The molecule has 2 heteroatoms. The van der Waals surface area contributed by atoms with E-state index in [9.17, 15) is 0 Å². The minimum atomic E-state index is 0.750. The van der Waals surface area contributed by atoms with Gasteiger partial charge in [-0.1, -0.05) is 23.9 Å². The van der Waals surface area contributed by atoms with Gasteiger partial charge in [0.05, 0.1) is 11.6 Å². The van der Waals surface area contributed by atoms with Crippen molar-refractivity contribution in [1.82, 2.24) is 0 Å². The molecule has 0 unspecified atom stereocenters. The van der Waals surface area contributed by atoms with Crippen molar-refractivity contribution < 1.29 is 0 Å². The molecule has 2 aromatic carbocycles. The van der Waals surface area contributed by atoms with Crippen molar-refractivity contribution in [1.29, 1.82) is 5.26 Å². The highest BCUT2D eigenvalue weighted by atomic mass is 32.2. The van der Waals surface area contributed by atoms with Crippen LogP contribution in [0.3, 0.4) is 0 Å². The summed E-state index contributed by atoms with van der Waals surface area (Å²) in [7, 11) is 0. The SMILES string of the molecule is Cc1ccc(C)c(Sc2ccc(C#N)c(C)c2)c1. The number of hydrogen-bond acceptors (Lipinski definition) is 2. The molecule has 90 valence electrons. The maximum atomic E-state index is 8.92. The largest absolute Gasteiger partial charge is 0.192 e. The molecule has 0 aliphatic carbocycles. The van der Waals surface area contributed by atoms with Crippen molar-refractivity contribution in [2.75, 3.05) is 0 Å². The molecule has 0 radical (unpaired) electrons. The summed E-state index contributed by atoms with van der Waals surface area (Å²) in [5.41, 5.74) is 4.34. The topological polar surface area (TPSA) is 23.8 Å². The van der Waals surface area contributed by atoms with E-state index >= 15 is 0 Å². The fourth-order valence-electron chi connectivity index (χ4n) is 1.77. The lowest BCUT2D eigenvalue weighted by Crippen LogP contribution is -1.85. The Labute approximate surface area is 112 Å². The number of aryl methyl sites for hydroxylation is 3. The molecule has 0 bridgehead atoms. The van der Waals surface area contributed by atoms with E-state index in [2.05, 4.69) is 44.2 Å². The number of rotatable bonds is 2.